The second kappa shape index (κ2) is 11.2. The van der Waals surface area contributed by atoms with Gasteiger partial charge in [-0.05, 0) is 42.7 Å². The third-order valence-electron chi connectivity index (χ3n) is 4.63. The summed E-state index contributed by atoms with van der Waals surface area (Å²) in [6.45, 7) is 6.25. The van der Waals surface area contributed by atoms with Gasteiger partial charge in [-0.15, -0.1) is 0 Å². The predicted octanol–water partition coefficient (Wildman–Crippen LogP) is 6.03. The van der Waals surface area contributed by atoms with Gasteiger partial charge in [0, 0.05) is 38.7 Å². The van der Waals surface area contributed by atoms with Crippen LogP contribution >= 0.6 is 46.4 Å². The first-order chi connectivity index (χ1) is 14.1. The van der Waals surface area contributed by atoms with Gasteiger partial charge in [-0.3, -0.25) is 9.59 Å². The summed E-state index contributed by atoms with van der Waals surface area (Å²) in [5.41, 5.74) is 1.08. The van der Waals surface area contributed by atoms with Crippen molar-refractivity contribution >= 4 is 58.2 Å². The lowest BCUT2D eigenvalue weighted by molar-refractivity contribution is -0.140. The highest BCUT2D eigenvalue weighted by molar-refractivity contribution is 6.36. The Morgan fingerprint density at radius 2 is 1.33 bits per heavy atom. The van der Waals surface area contributed by atoms with Crippen molar-refractivity contribution in [3.63, 3.8) is 0 Å². The Morgan fingerprint density at radius 3 is 1.80 bits per heavy atom. The molecule has 30 heavy (non-hydrogen) atoms. The lowest BCUT2D eigenvalue weighted by atomic mass is 10.1. The molecule has 1 atom stereocenters. The number of carbonyl (C=O) groups excluding carboxylic acids is 2. The number of hydrogen-bond acceptors (Lipinski definition) is 2. The van der Waals surface area contributed by atoms with Crippen LogP contribution in [0.4, 0.5) is 0 Å². The highest BCUT2D eigenvalue weighted by Gasteiger charge is 2.28. The number of benzene rings is 2. The molecule has 2 aromatic rings. The highest BCUT2D eigenvalue weighted by atomic mass is 35.5. The van der Waals surface area contributed by atoms with Crippen molar-refractivity contribution in [1.29, 1.82) is 0 Å². The third kappa shape index (κ3) is 6.52. The molecule has 1 unspecified atom stereocenters. The standard InChI is InChI=1S/C22H24Cl4N2O2/c1-13(2)11-27-22(30)14(3)28(12-16-19(25)8-5-9-20(16)26)21(29)10-15-17(23)6-4-7-18(15)24/h4-9,13-14H,10-12H2,1-3H3,(H,27,30). The van der Waals surface area contributed by atoms with E-state index in [9.17, 15) is 9.59 Å². The molecule has 0 bridgehead atoms. The zero-order valence-corrected chi connectivity index (χ0v) is 20.0. The normalized spacial score (nSPS) is 12.0. The van der Waals surface area contributed by atoms with Gasteiger partial charge in [-0.25, -0.2) is 0 Å². The second-order valence-electron chi connectivity index (χ2n) is 7.41. The van der Waals surface area contributed by atoms with E-state index >= 15 is 0 Å². The number of nitrogens with one attached hydrogen (secondary N) is 1. The molecule has 4 nitrogen and oxygen atoms in total. The van der Waals surface area contributed by atoms with Crippen LogP contribution in [0.3, 0.4) is 0 Å². The minimum atomic E-state index is -0.746. The van der Waals surface area contributed by atoms with E-state index in [1.54, 1.807) is 43.3 Å². The maximum absolute atomic E-state index is 13.3. The van der Waals surface area contributed by atoms with E-state index in [0.717, 1.165) is 0 Å². The fourth-order valence-corrected chi connectivity index (χ4v) is 3.89. The van der Waals surface area contributed by atoms with Gasteiger partial charge >= 0.3 is 0 Å². The van der Waals surface area contributed by atoms with Gasteiger partial charge < -0.3 is 10.2 Å². The van der Waals surface area contributed by atoms with Crippen molar-refractivity contribution in [2.45, 2.75) is 39.8 Å². The van der Waals surface area contributed by atoms with Gasteiger partial charge in [-0.2, -0.15) is 0 Å². The molecule has 0 heterocycles. The van der Waals surface area contributed by atoms with E-state index in [2.05, 4.69) is 5.32 Å². The average molecular weight is 490 g/mol. The topological polar surface area (TPSA) is 49.4 Å². The molecule has 0 aliphatic heterocycles. The number of hydrogen-bond donors (Lipinski definition) is 1. The van der Waals surface area contributed by atoms with Gasteiger partial charge in [0.15, 0.2) is 0 Å². The van der Waals surface area contributed by atoms with Crippen LogP contribution in [0.25, 0.3) is 0 Å². The van der Waals surface area contributed by atoms with Crippen molar-refractivity contribution < 1.29 is 9.59 Å². The van der Waals surface area contributed by atoms with Crippen LogP contribution in [0, 0.1) is 5.92 Å². The molecule has 0 spiro atoms. The van der Waals surface area contributed by atoms with Crippen LogP contribution in [0.5, 0.6) is 0 Å². The first kappa shape index (κ1) is 24.8. The Balaban J connectivity index is 2.34. The number of rotatable bonds is 8. The first-order valence-corrected chi connectivity index (χ1v) is 11.1. The lowest BCUT2D eigenvalue weighted by Gasteiger charge is -2.30. The van der Waals surface area contributed by atoms with Crippen LogP contribution < -0.4 is 5.32 Å². The maximum Gasteiger partial charge on any atom is 0.242 e. The summed E-state index contributed by atoms with van der Waals surface area (Å²) >= 11 is 25.1. The molecule has 2 amide bonds. The molecular weight excluding hydrogens is 466 g/mol. The van der Waals surface area contributed by atoms with Gasteiger partial charge in [0.05, 0.1) is 6.42 Å². The van der Waals surface area contributed by atoms with Gasteiger partial charge in [0.1, 0.15) is 6.04 Å². The highest BCUT2D eigenvalue weighted by Crippen LogP contribution is 2.29. The molecule has 0 saturated heterocycles. The summed E-state index contributed by atoms with van der Waals surface area (Å²) < 4.78 is 0. The average Bonchev–Trinajstić information content (AvgIpc) is 2.68. The van der Waals surface area contributed by atoms with E-state index in [0.29, 0.717) is 37.8 Å². The molecule has 2 rings (SSSR count). The van der Waals surface area contributed by atoms with E-state index in [1.165, 1.54) is 4.90 Å². The zero-order chi connectivity index (χ0) is 22.4. The Labute approximate surface area is 197 Å². The summed E-state index contributed by atoms with van der Waals surface area (Å²) in [5.74, 6) is -0.288. The number of carbonyl (C=O) groups is 2. The minimum absolute atomic E-state index is 0.0532. The molecule has 0 aromatic heterocycles. The van der Waals surface area contributed by atoms with E-state index < -0.39 is 6.04 Å². The van der Waals surface area contributed by atoms with Crippen LogP contribution in [-0.4, -0.2) is 29.3 Å². The molecule has 0 saturated carbocycles. The van der Waals surface area contributed by atoms with Crippen molar-refractivity contribution in [1.82, 2.24) is 10.2 Å². The fraction of sp³-hybridized carbons (Fsp3) is 0.364. The fourth-order valence-electron chi connectivity index (χ4n) is 2.84. The van der Waals surface area contributed by atoms with Crippen molar-refractivity contribution in [3.05, 3.63) is 67.6 Å². The zero-order valence-electron chi connectivity index (χ0n) is 17.0. The molecule has 0 aliphatic rings. The maximum atomic E-state index is 13.3. The summed E-state index contributed by atoms with van der Waals surface area (Å²) in [4.78, 5) is 27.4. The number of amides is 2. The summed E-state index contributed by atoms with van der Waals surface area (Å²) in [7, 11) is 0. The Kier molecular flexibility index (Phi) is 9.30. The summed E-state index contributed by atoms with van der Waals surface area (Å²) in [6, 6.07) is 9.42. The molecule has 0 fully saturated rings. The predicted molar refractivity (Wildman–Crippen MR) is 124 cm³/mol. The smallest absolute Gasteiger partial charge is 0.242 e. The monoisotopic (exact) mass is 488 g/mol. The van der Waals surface area contributed by atoms with Crippen LogP contribution in [-0.2, 0) is 22.6 Å². The van der Waals surface area contributed by atoms with E-state index in [4.69, 9.17) is 46.4 Å². The van der Waals surface area contributed by atoms with Gasteiger partial charge in [0.25, 0.3) is 0 Å². The van der Waals surface area contributed by atoms with Crippen molar-refractivity contribution in [3.8, 4) is 0 Å². The lowest BCUT2D eigenvalue weighted by Crippen LogP contribution is -2.48. The van der Waals surface area contributed by atoms with Crippen LogP contribution in [0.15, 0.2) is 36.4 Å². The van der Waals surface area contributed by atoms with Gasteiger partial charge in [-0.1, -0.05) is 72.4 Å². The molecule has 0 radical (unpaired) electrons. The number of nitrogens with zero attached hydrogens (tertiary/aromatic N) is 1. The first-order valence-electron chi connectivity index (χ1n) is 9.54. The van der Waals surface area contributed by atoms with E-state index in [1.807, 2.05) is 13.8 Å². The summed E-state index contributed by atoms with van der Waals surface area (Å²) in [6.07, 6.45) is -0.0532. The molecular formula is C22H24Cl4N2O2. The second-order valence-corrected chi connectivity index (χ2v) is 9.04. The largest absolute Gasteiger partial charge is 0.354 e. The van der Waals surface area contributed by atoms with Crippen molar-refractivity contribution in [2.24, 2.45) is 5.92 Å². The Morgan fingerprint density at radius 1 is 0.867 bits per heavy atom. The molecule has 1 N–H and O–H groups in total. The molecule has 0 aliphatic carbocycles. The molecule has 8 heteroatoms. The SMILES string of the molecule is CC(C)CNC(=O)C(C)N(Cc1c(Cl)cccc1Cl)C(=O)Cc1c(Cl)cccc1Cl. The number of halogens is 4. The molecule has 162 valence electrons. The Hall–Kier alpha value is -1.46. The van der Waals surface area contributed by atoms with Crippen LogP contribution in [0.2, 0.25) is 20.1 Å². The quantitative estimate of drug-likeness (QED) is 0.491. The van der Waals surface area contributed by atoms with Crippen LogP contribution in [0.1, 0.15) is 31.9 Å². The third-order valence-corrected chi connectivity index (χ3v) is 6.05. The van der Waals surface area contributed by atoms with E-state index in [-0.39, 0.29) is 30.7 Å². The molecule has 2 aromatic carbocycles. The van der Waals surface area contributed by atoms with Crippen molar-refractivity contribution in [2.75, 3.05) is 6.54 Å². The van der Waals surface area contributed by atoms with Gasteiger partial charge in [0.2, 0.25) is 11.8 Å². The Bertz CT molecular complexity index is 878. The minimum Gasteiger partial charge on any atom is -0.354 e. The summed E-state index contributed by atoms with van der Waals surface area (Å²) in [5, 5.41) is 4.50.